The Morgan fingerprint density at radius 3 is 1.49 bits per heavy atom. The summed E-state index contributed by atoms with van der Waals surface area (Å²) in [7, 11) is 0. The molecule has 4 rings (SSSR count). The van der Waals surface area contributed by atoms with Gasteiger partial charge in [0.1, 0.15) is 5.75 Å². The molecule has 0 N–H and O–H groups in total. The summed E-state index contributed by atoms with van der Waals surface area (Å²) in [4.78, 5) is 0. The Balaban J connectivity index is 0.000000216. The maximum atomic E-state index is 6.31. The zero-order chi connectivity index (χ0) is 28.4. The molecule has 0 saturated heterocycles. The molecule has 0 aliphatic heterocycles. The van der Waals surface area contributed by atoms with Crippen LogP contribution in [0.25, 0.3) is 0 Å². The summed E-state index contributed by atoms with van der Waals surface area (Å²) < 4.78 is 5.46. The maximum absolute atomic E-state index is 6.31. The molecule has 0 bridgehead atoms. The minimum absolute atomic E-state index is 0.514. The molecule has 0 fully saturated rings. The van der Waals surface area contributed by atoms with Gasteiger partial charge >= 0.3 is 0 Å². The average molecular weight is 558 g/mol. The molecule has 1 nitrogen and oxygen atoms in total. The monoisotopic (exact) mass is 556 g/mol. The minimum atomic E-state index is 0.514. The van der Waals surface area contributed by atoms with Crippen LogP contribution in [-0.2, 0) is 12.8 Å². The van der Waals surface area contributed by atoms with Crippen molar-refractivity contribution in [2.24, 2.45) is 0 Å². The third-order valence-electron chi connectivity index (χ3n) is 6.62. The molecule has 0 heterocycles. The van der Waals surface area contributed by atoms with Crippen molar-refractivity contribution in [2.75, 3.05) is 6.61 Å². The average Bonchev–Trinajstić information content (AvgIpc) is 2.93. The van der Waals surface area contributed by atoms with E-state index in [0.717, 1.165) is 34.2 Å². The van der Waals surface area contributed by atoms with Gasteiger partial charge < -0.3 is 4.74 Å². The van der Waals surface area contributed by atoms with Gasteiger partial charge in [-0.25, -0.2) is 0 Å². The zero-order valence-electron chi connectivity index (χ0n) is 23.6. The standard InChI is InChI=1S/C18H21ClO.C18H17Cl/c1-4-20-17-8-5-14(6-9-17)11-16-12-15(13(2)3)7-10-18(16)19;1-4-14-5-7-15(8-6-14)11-17-12-16(13(2)3)9-10-18(17)19/h5-10,12-13H,4,11H2,1-3H3;1,5-10,12-13H,11H2,2-3H3. The highest BCUT2D eigenvalue weighted by molar-refractivity contribution is 6.31. The van der Waals surface area contributed by atoms with Crippen LogP contribution in [-0.4, -0.2) is 6.61 Å². The quantitative estimate of drug-likeness (QED) is 0.196. The molecule has 0 atom stereocenters. The first-order valence-electron chi connectivity index (χ1n) is 13.5. The van der Waals surface area contributed by atoms with Crippen LogP contribution in [0.15, 0.2) is 84.9 Å². The van der Waals surface area contributed by atoms with Crippen LogP contribution < -0.4 is 4.74 Å². The van der Waals surface area contributed by atoms with Crippen molar-refractivity contribution in [3.8, 4) is 18.1 Å². The van der Waals surface area contributed by atoms with Gasteiger partial charge in [0, 0.05) is 15.6 Å². The van der Waals surface area contributed by atoms with Gasteiger partial charge in [0.25, 0.3) is 0 Å². The van der Waals surface area contributed by atoms with E-state index in [-0.39, 0.29) is 0 Å². The normalized spacial score (nSPS) is 10.7. The Morgan fingerprint density at radius 2 is 1.10 bits per heavy atom. The van der Waals surface area contributed by atoms with E-state index in [2.05, 4.69) is 82.1 Å². The summed E-state index contributed by atoms with van der Waals surface area (Å²) in [5.74, 6) is 4.58. The van der Waals surface area contributed by atoms with Crippen molar-refractivity contribution in [1.82, 2.24) is 0 Å². The number of hydrogen-bond donors (Lipinski definition) is 0. The van der Waals surface area contributed by atoms with E-state index in [4.69, 9.17) is 34.4 Å². The molecule has 4 aromatic rings. The highest BCUT2D eigenvalue weighted by Gasteiger charge is 2.07. The molecule has 0 amide bonds. The van der Waals surface area contributed by atoms with Crippen LogP contribution in [0.3, 0.4) is 0 Å². The summed E-state index contributed by atoms with van der Waals surface area (Å²) in [6.07, 6.45) is 7.05. The first-order chi connectivity index (χ1) is 18.7. The number of ether oxygens (including phenoxy) is 1. The smallest absolute Gasteiger partial charge is 0.119 e. The second kappa shape index (κ2) is 14.8. The Bertz CT molecular complexity index is 1380. The molecule has 0 unspecified atom stereocenters. The fourth-order valence-electron chi connectivity index (χ4n) is 4.21. The molecule has 202 valence electrons. The number of benzene rings is 4. The lowest BCUT2D eigenvalue weighted by molar-refractivity contribution is 0.340. The molecule has 0 aliphatic rings. The fourth-order valence-corrected chi connectivity index (χ4v) is 4.58. The molecule has 0 spiro atoms. The van der Waals surface area contributed by atoms with Crippen LogP contribution in [0.4, 0.5) is 0 Å². The zero-order valence-corrected chi connectivity index (χ0v) is 25.1. The predicted octanol–water partition coefficient (Wildman–Crippen LogP) is 10.5. The second-order valence-electron chi connectivity index (χ2n) is 10.3. The molecule has 0 aliphatic carbocycles. The van der Waals surface area contributed by atoms with E-state index in [1.54, 1.807) is 0 Å². The van der Waals surface area contributed by atoms with E-state index in [1.165, 1.54) is 33.4 Å². The predicted molar refractivity (Wildman–Crippen MR) is 169 cm³/mol. The Kier molecular flexibility index (Phi) is 11.5. The number of hydrogen-bond acceptors (Lipinski definition) is 1. The van der Waals surface area contributed by atoms with Gasteiger partial charge in [-0.1, -0.05) is 105 Å². The molecule has 0 radical (unpaired) electrons. The largest absolute Gasteiger partial charge is 0.494 e. The summed E-state index contributed by atoms with van der Waals surface area (Å²) in [6.45, 7) is 11.5. The summed E-state index contributed by atoms with van der Waals surface area (Å²) >= 11 is 12.6. The maximum Gasteiger partial charge on any atom is 0.119 e. The van der Waals surface area contributed by atoms with Gasteiger partial charge in [-0.3, -0.25) is 0 Å². The lowest BCUT2D eigenvalue weighted by Crippen LogP contribution is -1.95. The minimum Gasteiger partial charge on any atom is -0.494 e. The summed E-state index contributed by atoms with van der Waals surface area (Å²) in [5, 5.41) is 1.66. The molecule has 4 aromatic carbocycles. The van der Waals surface area contributed by atoms with Gasteiger partial charge in [0.05, 0.1) is 6.61 Å². The van der Waals surface area contributed by atoms with Crippen LogP contribution in [0.1, 0.15) is 85.4 Å². The topological polar surface area (TPSA) is 9.23 Å². The number of terminal acetylenes is 1. The van der Waals surface area contributed by atoms with Crippen LogP contribution in [0.2, 0.25) is 10.0 Å². The van der Waals surface area contributed by atoms with Crippen LogP contribution >= 0.6 is 23.2 Å². The molecular formula is C36H38Cl2O. The van der Waals surface area contributed by atoms with Crippen molar-refractivity contribution in [2.45, 2.75) is 59.3 Å². The van der Waals surface area contributed by atoms with Gasteiger partial charge in [-0.15, -0.1) is 6.42 Å². The Hall–Kier alpha value is -3.18. The van der Waals surface area contributed by atoms with E-state index >= 15 is 0 Å². The second-order valence-corrected chi connectivity index (χ2v) is 11.1. The van der Waals surface area contributed by atoms with E-state index in [9.17, 15) is 0 Å². The summed E-state index contributed by atoms with van der Waals surface area (Å²) in [6, 6.07) is 28.9. The Morgan fingerprint density at radius 1 is 0.667 bits per heavy atom. The summed E-state index contributed by atoms with van der Waals surface area (Å²) in [5.41, 5.74) is 8.38. The molecule has 39 heavy (non-hydrogen) atoms. The molecular weight excluding hydrogens is 519 g/mol. The number of rotatable bonds is 8. The number of halogens is 2. The lowest BCUT2D eigenvalue weighted by Gasteiger charge is -2.11. The molecule has 0 saturated carbocycles. The van der Waals surface area contributed by atoms with Gasteiger partial charge in [-0.2, -0.15) is 0 Å². The molecule has 0 aromatic heterocycles. The van der Waals surface area contributed by atoms with Crippen molar-refractivity contribution in [1.29, 1.82) is 0 Å². The van der Waals surface area contributed by atoms with Crippen LogP contribution in [0.5, 0.6) is 5.75 Å². The third kappa shape index (κ3) is 9.21. The van der Waals surface area contributed by atoms with Crippen molar-refractivity contribution < 1.29 is 4.74 Å². The van der Waals surface area contributed by atoms with Crippen molar-refractivity contribution in [3.05, 3.63) is 134 Å². The first-order valence-corrected chi connectivity index (χ1v) is 14.3. The first kappa shape index (κ1) is 30.4. The van der Waals surface area contributed by atoms with E-state index < -0.39 is 0 Å². The van der Waals surface area contributed by atoms with Gasteiger partial charge in [0.15, 0.2) is 0 Å². The highest BCUT2D eigenvalue weighted by Crippen LogP contribution is 2.26. The third-order valence-corrected chi connectivity index (χ3v) is 7.35. The SMILES string of the molecule is C#Cc1ccc(Cc2cc(C(C)C)ccc2Cl)cc1.CCOc1ccc(Cc2cc(C(C)C)ccc2Cl)cc1. The van der Waals surface area contributed by atoms with Crippen LogP contribution in [0, 0.1) is 12.3 Å². The van der Waals surface area contributed by atoms with Crippen molar-refractivity contribution >= 4 is 23.2 Å². The fraction of sp³-hybridized carbons (Fsp3) is 0.278. The van der Waals surface area contributed by atoms with E-state index in [0.29, 0.717) is 18.4 Å². The van der Waals surface area contributed by atoms with Gasteiger partial charge in [0.2, 0.25) is 0 Å². The highest BCUT2D eigenvalue weighted by atomic mass is 35.5. The Labute approximate surface area is 245 Å². The molecule has 3 heteroatoms. The van der Waals surface area contributed by atoms with Gasteiger partial charge in [-0.05, 0) is 101 Å². The van der Waals surface area contributed by atoms with E-state index in [1.807, 2.05) is 43.3 Å². The lowest BCUT2D eigenvalue weighted by atomic mass is 9.97. The van der Waals surface area contributed by atoms with Crippen molar-refractivity contribution in [3.63, 3.8) is 0 Å².